The standard InChI is InChI=1S/C8H11N5S/c1-3-13-5(2)4-6(12-13)7-10-11-8(9)14-7/h4H,3H2,1-2H3,(H2,9,11). The van der Waals surface area contributed by atoms with Gasteiger partial charge in [-0.2, -0.15) is 5.10 Å². The van der Waals surface area contributed by atoms with Crippen molar-refractivity contribution in [2.45, 2.75) is 20.4 Å². The van der Waals surface area contributed by atoms with E-state index in [-0.39, 0.29) is 0 Å². The largest absolute Gasteiger partial charge is 0.374 e. The van der Waals surface area contributed by atoms with Gasteiger partial charge in [0.05, 0.1) is 0 Å². The normalized spacial score (nSPS) is 10.7. The lowest BCUT2D eigenvalue weighted by Crippen LogP contribution is -1.98. The van der Waals surface area contributed by atoms with Gasteiger partial charge in [-0.15, -0.1) is 10.2 Å². The molecule has 0 aliphatic carbocycles. The van der Waals surface area contributed by atoms with Gasteiger partial charge >= 0.3 is 0 Å². The zero-order chi connectivity index (χ0) is 10.1. The summed E-state index contributed by atoms with van der Waals surface area (Å²) in [7, 11) is 0. The first-order chi connectivity index (χ1) is 6.70. The fourth-order valence-corrected chi connectivity index (χ4v) is 1.84. The van der Waals surface area contributed by atoms with Gasteiger partial charge in [-0.1, -0.05) is 11.3 Å². The molecule has 0 aliphatic heterocycles. The van der Waals surface area contributed by atoms with Crippen LogP contribution in [0.25, 0.3) is 10.7 Å². The van der Waals surface area contributed by atoms with E-state index in [1.807, 2.05) is 17.7 Å². The Morgan fingerprint density at radius 3 is 2.79 bits per heavy atom. The minimum atomic E-state index is 0.476. The summed E-state index contributed by atoms with van der Waals surface area (Å²) in [6, 6.07) is 1.99. The van der Waals surface area contributed by atoms with E-state index in [1.165, 1.54) is 11.3 Å². The Bertz CT molecular complexity index is 444. The molecule has 6 heteroatoms. The molecule has 0 amide bonds. The second-order valence-corrected chi connectivity index (χ2v) is 3.94. The van der Waals surface area contributed by atoms with Crippen LogP contribution in [-0.2, 0) is 6.54 Å². The van der Waals surface area contributed by atoms with Crippen molar-refractivity contribution >= 4 is 16.5 Å². The molecule has 2 aromatic heterocycles. The third-order valence-electron chi connectivity index (χ3n) is 1.94. The Balaban J connectivity index is 2.42. The van der Waals surface area contributed by atoms with Crippen LogP contribution < -0.4 is 5.73 Å². The number of anilines is 1. The van der Waals surface area contributed by atoms with E-state index >= 15 is 0 Å². The highest BCUT2D eigenvalue weighted by Crippen LogP contribution is 2.23. The van der Waals surface area contributed by atoms with Gasteiger partial charge in [-0.05, 0) is 19.9 Å². The van der Waals surface area contributed by atoms with Crippen molar-refractivity contribution in [2.24, 2.45) is 0 Å². The Kier molecular flexibility index (Phi) is 2.20. The molecular weight excluding hydrogens is 198 g/mol. The summed E-state index contributed by atoms with van der Waals surface area (Å²) in [4.78, 5) is 0. The molecule has 0 bridgehead atoms. The molecule has 0 atom stereocenters. The van der Waals surface area contributed by atoms with Crippen molar-refractivity contribution in [3.63, 3.8) is 0 Å². The molecule has 0 aliphatic rings. The maximum atomic E-state index is 5.50. The van der Waals surface area contributed by atoms with Gasteiger partial charge in [-0.3, -0.25) is 4.68 Å². The summed E-state index contributed by atoms with van der Waals surface area (Å²) < 4.78 is 1.92. The van der Waals surface area contributed by atoms with E-state index in [9.17, 15) is 0 Å². The monoisotopic (exact) mass is 209 g/mol. The summed E-state index contributed by atoms with van der Waals surface area (Å²) in [6.07, 6.45) is 0. The minimum Gasteiger partial charge on any atom is -0.374 e. The lowest BCUT2D eigenvalue weighted by atomic mass is 10.4. The summed E-state index contributed by atoms with van der Waals surface area (Å²) in [5.41, 5.74) is 7.47. The van der Waals surface area contributed by atoms with Crippen molar-refractivity contribution < 1.29 is 0 Å². The van der Waals surface area contributed by atoms with E-state index < -0.39 is 0 Å². The van der Waals surface area contributed by atoms with Crippen LogP contribution in [0, 0.1) is 6.92 Å². The van der Waals surface area contributed by atoms with E-state index in [4.69, 9.17) is 5.73 Å². The maximum absolute atomic E-state index is 5.50. The molecule has 14 heavy (non-hydrogen) atoms. The number of nitrogen functional groups attached to an aromatic ring is 1. The van der Waals surface area contributed by atoms with Crippen LogP contribution in [0.1, 0.15) is 12.6 Å². The molecule has 0 radical (unpaired) electrons. The molecule has 74 valence electrons. The van der Waals surface area contributed by atoms with Crippen molar-refractivity contribution in [3.8, 4) is 10.7 Å². The first-order valence-electron chi connectivity index (χ1n) is 4.34. The Morgan fingerprint density at radius 1 is 1.50 bits per heavy atom. The average molecular weight is 209 g/mol. The maximum Gasteiger partial charge on any atom is 0.203 e. The Labute approximate surface area is 85.6 Å². The fourth-order valence-electron chi connectivity index (χ4n) is 1.27. The SMILES string of the molecule is CCn1nc(-c2nnc(N)s2)cc1C. The van der Waals surface area contributed by atoms with Crippen LogP contribution in [-0.4, -0.2) is 20.0 Å². The van der Waals surface area contributed by atoms with Gasteiger partial charge in [-0.25, -0.2) is 0 Å². The molecule has 0 aromatic carbocycles. The molecule has 2 N–H and O–H groups in total. The number of nitrogens with zero attached hydrogens (tertiary/aromatic N) is 4. The second kappa shape index (κ2) is 3.38. The molecular formula is C8H11N5S. The second-order valence-electron chi connectivity index (χ2n) is 2.93. The van der Waals surface area contributed by atoms with E-state index in [1.54, 1.807) is 0 Å². The van der Waals surface area contributed by atoms with Gasteiger partial charge in [0.15, 0.2) is 5.01 Å². The molecule has 0 spiro atoms. The first kappa shape index (κ1) is 9.14. The molecule has 0 saturated carbocycles. The van der Waals surface area contributed by atoms with Crippen LogP contribution in [0.3, 0.4) is 0 Å². The molecule has 0 saturated heterocycles. The van der Waals surface area contributed by atoms with Gasteiger partial charge in [0.1, 0.15) is 5.69 Å². The Morgan fingerprint density at radius 2 is 2.29 bits per heavy atom. The van der Waals surface area contributed by atoms with Crippen LogP contribution >= 0.6 is 11.3 Å². The smallest absolute Gasteiger partial charge is 0.203 e. The highest BCUT2D eigenvalue weighted by Gasteiger charge is 2.09. The van der Waals surface area contributed by atoms with Crippen molar-refractivity contribution in [3.05, 3.63) is 11.8 Å². The minimum absolute atomic E-state index is 0.476. The van der Waals surface area contributed by atoms with E-state index in [2.05, 4.69) is 22.2 Å². The summed E-state index contributed by atoms with van der Waals surface area (Å²) in [5.74, 6) is 0. The first-order valence-corrected chi connectivity index (χ1v) is 5.16. The molecule has 0 fully saturated rings. The Hall–Kier alpha value is -1.43. The highest BCUT2D eigenvalue weighted by molar-refractivity contribution is 7.18. The molecule has 0 unspecified atom stereocenters. The highest BCUT2D eigenvalue weighted by atomic mass is 32.1. The predicted octanol–water partition coefficient (Wildman–Crippen LogP) is 1.31. The zero-order valence-electron chi connectivity index (χ0n) is 8.06. The van der Waals surface area contributed by atoms with Crippen LogP contribution in [0.2, 0.25) is 0 Å². The van der Waals surface area contributed by atoms with Crippen LogP contribution in [0.15, 0.2) is 6.07 Å². The zero-order valence-corrected chi connectivity index (χ0v) is 8.88. The molecule has 5 nitrogen and oxygen atoms in total. The third-order valence-corrected chi connectivity index (χ3v) is 2.72. The van der Waals surface area contributed by atoms with Gasteiger partial charge < -0.3 is 5.73 Å². The van der Waals surface area contributed by atoms with Crippen LogP contribution in [0.4, 0.5) is 5.13 Å². The van der Waals surface area contributed by atoms with Crippen molar-refractivity contribution in [1.82, 2.24) is 20.0 Å². The molecule has 2 aromatic rings. The van der Waals surface area contributed by atoms with Crippen molar-refractivity contribution in [2.75, 3.05) is 5.73 Å². The predicted molar refractivity (Wildman–Crippen MR) is 56.0 cm³/mol. The number of aryl methyl sites for hydroxylation is 2. The van der Waals surface area contributed by atoms with Gasteiger partial charge in [0, 0.05) is 12.2 Å². The topological polar surface area (TPSA) is 69.6 Å². The molecule has 2 rings (SSSR count). The number of aromatic nitrogens is 4. The molecule has 2 heterocycles. The van der Waals surface area contributed by atoms with E-state index in [0.29, 0.717) is 5.13 Å². The number of nitrogens with two attached hydrogens (primary N) is 1. The van der Waals surface area contributed by atoms with Crippen LogP contribution in [0.5, 0.6) is 0 Å². The fraction of sp³-hybridized carbons (Fsp3) is 0.375. The third kappa shape index (κ3) is 1.48. The number of rotatable bonds is 2. The summed E-state index contributed by atoms with van der Waals surface area (Å²) >= 11 is 1.35. The summed E-state index contributed by atoms with van der Waals surface area (Å²) in [6.45, 7) is 4.93. The van der Waals surface area contributed by atoms with Gasteiger partial charge in [0.2, 0.25) is 5.13 Å². The van der Waals surface area contributed by atoms with Crippen molar-refractivity contribution in [1.29, 1.82) is 0 Å². The summed E-state index contributed by atoms with van der Waals surface area (Å²) in [5, 5.41) is 13.3. The van der Waals surface area contributed by atoms with E-state index in [0.717, 1.165) is 22.9 Å². The number of hydrogen-bond donors (Lipinski definition) is 1. The quantitative estimate of drug-likeness (QED) is 0.809. The average Bonchev–Trinajstić information content (AvgIpc) is 2.71. The lowest BCUT2D eigenvalue weighted by molar-refractivity contribution is 0.641. The lowest BCUT2D eigenvalue weighted by Gasteiger charge is -1.95. The van der Waals surface area contributed by atoms with Gasteiger partial charge in [0.25, 0.3) is 0 Å². The number of hydrogen-bond acceptors (Lipinski definition) is 5.